The average molecular weight is 473 g/mol. The standard InChI is InChI=1S/C24H22Cl2N2O4/c1-3-31-21-14-20(28-24(30)16-10-11-17(25)18(26)12-16)22(32-4-2)13-19(21)27-23(29)15-8-6-5-7-9-15/h5-14H,3-4H2,1-2H3,(H,27,29)(H,28,30). The molecule has 32 heavy (non-hydrogen) atoms. The van der Waals surface area contributed by atoms with E-state index in [1.54, 1.807) is 48.5 Å². The number of benzene rings is 3. The first-order valence-electron chi connectivity index (χ1n) is 9.99. The lowest BCUT2D eigenvalue weighted by atomic mass is 10.1. The smallest absolute Gasteiger partial charge is 0.255 e. The van der Waals surface area contributed by atoms with Crippen molar-refractivity contribution in [2.75, 3.05) is 23.8 Å². The Balaban J connectivity index is 1.93. The van der Waals surface area contributed by atoms with Crippen molar-refractivity contribution in [1.82, 2.24) is 0 Å². The van der Waals surface area contributed by atoms with Gasteiger partial charge in [-0.15, -0.1) is 0 Å². The summed E-state index contributed by atoms with van der Waals surface area (Å²) in [5, 5.41) is 6.29. The van der Waals surface area contributed by atoms with Crippen LogP contribution in [0.2, 0.25) is 10.0 Å². The fourth-order valence-corrected chi connectivity index (χ4v) is 3.22. The largest absolute Gasteiger partial charge is 0.492 e. The van der Waals surface area contributed by atoms with Gasteiger partial charge in [0.25, 0.3) is 11.8 Å². The first-order valence-corrected chi connectivity index (χ1v) is 10.7. The van der Waals surface area contributed by atoms with Gasteiger partial charge in [-0.05, 0) is 44.2 Å². The maximum atomic E-state index is 12.8. The average Bonchev–Trinajstić information content (AvgIpc) is 2.79. The maximum Gasteiger partial charge on any atom is 0.255 e. The van der Waals surface area contributed by atoms with Crippen LogP contribution in [0.3, 0.4) is 0 Å². The quantitative estimate of drug-likeness (QED) is 0.403. The number of halogens is 2. The van der Waals surface area contributed by atoms with E-state index < -0.39 is 5.91 Å². The molecule has 0 heterocycles. The molecule has 166 valence electrons. The third-order valence-electron chi connectivity index (χ3n) is 4.40. The molecular formula is C24H22Cl2N2O4. The number of amides is 2. The summed E-state index contributed by atoms with van der Waals surface area (Å²) in [6, 6.07) is 16.7. The molecule has 0 spiro atoms. The van der Waals surface area contributed by atoms with Crippen LogP contribution in [0.4, 0.5) is 11.4 Å². The Morgan fingerprint density at radius 2 is 1.25 bits per heavy atom. The molecule has 0 saturated carbocycles. The number of rotatable bonds is 8. The van der Waals surface area contributed by atoms with Crippen molar-refractivity contribution in [3.05, 3.63) is 81.8 Å². The van der Waals surface area contributed by atoms with Crippen LogP contribution in [-0.4, -0.2) is 25.0 Å². The van der Waals surface area contributed by atoms with Crippen LogP contribution in [0.25, 0.3) is 0 Å². The van der Waals surface area contributed by atoms with Gasteiger partial charge in [-0.2, -0.15) is 0 Å². The van der Waals surface area contributed by atoms with Crippen LogP contribution in [0, 0.1) is 0 Å². The molecule has 0 aliphatic rings. The Bertz CT molecular complexity index is 1120. The molecule has 3 rings (SSSR count). The second-order valence-corrected chi connectivity index (χ2v) is 7.43. The normalized spacial score (nSPS) is 10.4. The fourth-order valence-electron chi connectivity index (χ4n) is 2.92. The van der Waals surface area contributed by atoms with Gasteiger partial charge in [0.1, 0.15) is 11.5 Å². The molecule has 0 aliphatic heterocycles. The summed E-state index contributed by atoms with van der Waals surface area (Å²) in [7, 11) is 0. The van der Waals surface area contributed by atoms with Crippen LogP contribution in [0.15, 0.2) is 60.7 Å². The van der Waals surface area contributed by atoms with Crippen LogP contribution >= 0.6 is 23.2 Å². The first-order chi connectivity index (χ1) is 15.4. The lowest BCUT2D eigenvalue weighted by Gasteiger charge is -2.18. The lowest BCUT2D eigenvalue weighted by molar-refractivity contribution is 0.101. The van der Waals surface area contributed by atoms with Gasteiger partial charge >= 0.3 is 0 Å². The zero-order chi connectivity index (χ0) is 23.1. The minimum absolute atomic E-state index is 0.276. The Labute approximate surface area is 196 Å². The minimum Gasteiger partial charge on any atom is -0.492 e. The van der Waals surface area contributed by atoms with Crippen molar-refractivity contribution in [1.29, 1.82) is 0 Å². The molecule has 0 radical (unpaired) electrons. The summed E-state index contributed by atoms with van der Waals surface area (Å²) in [5.41, 5.74) is 1.66. The molecular weight excluding hydrogens is 451 g/mol. The predicted octanol–water partition coefficient (Wildman–Crippen LogP) is 6.30. The third-order valence-corrected chi connectivity index (χ3v) is 5.13. The Hall–Kier alpha value is -3.22. The maximum absolute atomic E-state index is 12.8. The van der Waals surface area contributed by atoms with E-state index in [0.29, 0.717) is 52.2 Å². The van der Waals surface area contributed by atoms with Crippen molar-refractivity contribution < 1.29 is 19.1 Å². The van der Waals surface area contributed by atoms with Gasteiger partial charge in [0, 0.05) is 23.3 Å². The van der Waals surface area contributed by atoms with Crippen LogP contribution in [-0.2, 0) is 0 Å². The van der Waals surface area contributed by atoms with E-state index >= 15 is 0 Å². The molecule has 0 aromatic heterocycles. The predicted molar refractivity (Wildman–Crippen MR) is 128 cm³/mol. The minimum atomic E-state index is -0.395. The molecule has 0 saturated heterocycles. The highest BCUT2D eigenvalue weighted by Gasteiger charge is 2.18. The van der Waals surface area contributed by atoms with Crippen molar-refractivity contribution in [3.63, 3.8) is 0 Å². The van der Waals surface area contributed by atoms with E-state index in [1.807, 2.05) is 19.9 Å². The fraction of sp³-hybridized carbons (Fsp3) is 0.167. The number of anilines is 2. The number of ether oxygens (including phenoxy) is 2. The van der Waals surface area contributed by atoms with E-state index in [1.165, 1.54) is 6.07 Å². The van der Waals surface area contributed by atoms with Crippen molar-refractivity contribution in [3.8, 4) is 11.5 Å². The second kappa shape index (κ2) is 10.9. The molecule has 0 atom stereocenters. The number of nitrogens with one attached hydrogen (secondary N) is 2. The highest BCUT2D eigenvalue weighted by molar-refractivity contribution is 6.42. The number of carbonyl (C=O) groups excluding carboxylic acids is 2. The van der Waals surface area contributed by atoms with Gasteiger partial charge < -0.3 is 20.1 Å². The summed E-state index contributed by atoms with van der Waals surface area (Å²) >= 11 is 12.0. The Morgan fingerprint density at radius 3 is 1.75 bits per heavy atom. The Morgan fingerprint density at radius 1 is 0.719 bits per heavy atom. The summed E-state index contributed by atoms with van der Waals surface area (Å²) < 4.78 is 11.4. The molecule has 0 aliphatic carbocycles. The van der Waals surface area contributed by atoms with Gasteiger partial charge in [-0.25, -0.2) is 0 Å². The number of carbonyl (C=O) groups is 2. The zero-order valence-electron chi connectivity index (χ0n) is 17.6. The van der Waals surface area contributed by atoms with E-state index in [-0.39, 0.29) is 10.9 Å². The molecule has 3 aromatic rings. The van der Waals surface area contributed by atoms with Gasteiger partial charge in [-0.1, -0.05) is 41.4 Å². The molecule has 0 bridgehead atoms. The summed E-state index contributed by atoms with van der Waals surface area (Å²) in [6.07, 6.45) is 0. The molecule has 2 amide bonds. The number of hydrogen-bond acceptors (Lipinski definition) is 4. The van der Waals surface area contributed by atoms with E-state index in [9.17, 15) is 9.59 Å². The Kier molecular flexibility index (Phi) is 7.98. The van der Waals surface area contributed by atoms with Crippen LogP contribution in [0.1, 0.15) is 34.6 Å². The molecule has 0 unspecified atom stereocenters. The van der Waals surface area contributed by atoms with E-state index in [0.717, 1.165) is 0 Å². The highest BCUT2D eigenvalue weighted by atomic mass is 35.5. The first kappa shape index (κ1) is 23.4. The monoisotopic (exact) mass is 472 g/mol. The molecule has 3 aromatic carbocycles. The zero-order valence-corrected chi connectivity index (χ0v) is 19.1. The van der Waals surface area contributed by atoms with Gasteiger partial charge in [0.2, 0.25) is 0 Å². The molecule has 6 nitrogen and oxygen atoms in total. The van der Waals surface area contributed by atoms with Crippen molar-refractivity contribution in [2.45, 2.75) is 13.8 Å². The lowest BCUT2D eigenvalue weighted by Crippen LogP contribution is -2.15. The van der Waals surface area contributed by atoms with Crippen molar-refractivity contribution in [2.24, 2.45) is 0 Å². The molecule has 8 heteroatoms. The summed E-state index contributed by atoms with van der Waals surface area (Å²) in [6.45, 7) is 4.37. The van der Waals surface area contributed by atoms with Gasteiger partial charge in [0.05, 0.1) is 34.6 Å². The third kappa shape index (κ3) is 5.72. The number of hydrogen-bond donors (Lipinski definition) is 2. The van der Waals surface area contributed by atoms with E-state index in [2.05, 4.69) is 10.6 Å². The van der Waals surface area contributed by atoms with Crippen molar-refractivity contribution >= 4 is 46.4 Å². The molecule has 2 N–H and O–H groups in total. The van der Waals surface area contributed by atoms with Crippen LogP contribution < -0.4 is 20.1 Å². The van der Waals surface area contributed by atoms with Crippen LogP contribution in [0.5, 0.6) is 11.5 Å². The van der Waals surface area contributed by atoms with Gasteiger partial charge in [-0.3, -0.25) is 9.59 Å². The summed E-state index contributed by atoms with van der Waals surface area (Å²) in [4.78, 5) is 25.4. The van der Waals surface area contributed by atoms with Gasteiger partial charge in [0.15, 0.2) is 0 Å². The highest BCUT2D eigenvalue weighted by Crippen LogP contribution is 2.37. The second-order valence-electron chi connectivity index (χ2n) is 6.61. The van der Waals surface area contributed by atoms with E-state index in [4.69, 9.17) is 32.7 Å². The summed E-state index contributed by atoms with van der Waals surface area (Å²) in [5.74, 6) is 0.0898. The SMILES string of the molecule is CCOc1cc(NC(=O)c2ccc(Cl)c(Cl)c2)c(OCC)cc1NC(=O)c1ccccc1. The topological polar surface area (TPSA) is 76.7 Å². The molecule has 0 fully saturated rings.